The zero-order valence-corrected chi connectivity index (χ0v) is 21.9. The van der Waals surface area contributed by atoms with Crippen molar-refractivity contribution in [1.82, 2.24) is 9.99 Å². The molecule has 4 rings (SSSR count). The lowest BCUT2D eigenvalue weighted by Crippen LogP contribution is -2.39. The lowest BCUT2D eigenvalue weighted by molar-refractivity contribution is -0.119. The van der Waals surface area contributed by atoms with E-state index in [1.807, 2.05) is 54.8 Å². The van der Waals surface area contributed by atoms with E-state index < -0.39 is 22.5 Å². The topological polar surface area (TPSA) is 93.0 Å². The molecule has 1 amide bonds. The number of nitrogens with zero attached hydrogens (tertiary/aromatic N) is 3. The van der Waals surface area contributed by atoms with Crippen molar-refractivity contribution in [2.24, 2.45) is 5.10 Å². The summed E-state index contributed by atoms with van der Waals surface area (Å²) >= 11 is 0. The van der Waals surface area contributed by atoms with Gasteiger partial charge in [0.1, 0.15) is 23.9 Å². The number of rotatable bonds is 9. The summed E-state index contributed by atoms with van der Waals surface area (Å²) in [7, 11) is -3.75. The third kappa shape index (κ3) is 6.46. The molecule has 10 heteroatoms. The van der Waals surface area contributed by atoms with Gasteiger partial charge in [-0.1, -0.05) is 18.2 Å². The van der Waals surface area contributed by atoms with E-state index in [-0.39, 0.29) is 5.82 Å². The average Bonchev–Trinajstić information content (AvgIpc) is 3.16. The minimum Gasteiger partial charge on any atom is -0.457 e. The second-order valence-corrected chi connectivity index (χ2v) is 10.5. The van der Waals surface area contributed by atoms with Crippen molar-refractivity contribution < 1.29 is 22.3 Å². The SMILES string of the molecule is Cc1cc(/C=N\NC(=O)CN(c2ccc(Oc3ccccc3)cc2)S(C)(=O)=O)c(C)n1-c1ccc(F)cc1. The summed E-state index contributed by atoms with van der Waals surface area (Å²) in [6.07, 6.45) is 2.52. The molecule has 1 heterocycles. The Bertz CT molecular complexity index is 1550. The average molecular weight is 535 g/mol. The highest BCUT2D eigenvalue weighted by atomic mass is 32.2. The van der Waals surface area contributed by atoms with E-state index in [0.717, 1.165) is 33.2 Å². The Labute approximate surface area is 221 Å². The van der Waals surface area contributed by atoms with Gasteiger partial charge in [0.05, 0.1) is 18.2 Å². The lowest BCUT2D eigenvalue weighted by atomic mass is 10.2. The number of nitrogens with one attached hydrogen (secondary N) is 1. The fourth-order valence-corrected chi connectivity index (χ4v) is 4.81. The third-order valence-corrected chi connectivity index (χ3v) is 6.88. The molecule has 0 saturated heterocycles. The van der Waals surface area contributed by atoms with Crippen molar-refractivity contribution in [3.63, 3.8) is 0 Å². The molecule has 0 atom stereocenters. The number of sulfonamides is 1. The highest BCUT2D eigenvalue weighted by Crippen LogP contribution is 2.25. The second-order valence-electron chi connectivity index (χ2n) is 8.61. The first kappa shape index (κ1) is 26.6. The monoisotopic (exact) mass is 534 g/mol. The van der Waals surface area contributed by atoms with Gasteiger partial charge in [0.25, 0.3) is 5.91 Å². The number of carbonyl (C=O) groups is 1. The Morgan fingerprint density at radius 1 is 1.00 bits per heavy atom. The summed E-state index contributed by atoms with van der Waals surface area (Å²) in [4.78, 5) is 12.6. The van der Waals surface area contributed by atoms with E-state index in [1.54, 1.807) is 36.4 Å². The standard InChI is InChI=1S/C28H27FN4O4S/c1-20-17-22(21(2)33(20)25-11-9-23(29)10-12-25)18-30-31-28(34)19-32(38(3,35)36)24-13-15-27(16-14-24)37-26-7-5-4-6-8-26/h4-18H,19H2,1-3H3,(H,31,34)/b30-18-. The van der Waals surface area contributed by atoms with Gasteiger partial charge in [0.2, 0.25) is 10.0 Å². The predicted molar refractivity (Wildman–Crippen MR) is 146 cm³/mol. The maximum Gasteiger partial charge on any atom is 0.260 e. The molecule has 1 N–H and O–H groups in total. The molecule has 0 bridgehead atoms. The van der Waals surface area contributed by atoms with Crippen LogP contribution in [0.2, 0.25) is 0 Å². The predicted octanol–water partition coefficient (Wildman–Crippen LogP) is 4.94. The van der Waals surface area contributed by atoms with Gasteiger partial charge in [0.15, 0.2) is 0 Å². The molecule has 0 spiro atoms. The summed E-state index contributed by atoms with van der Waals surface area (Å²) in [6, 6.07) is 23.6. The number of para-hydroxylation sites is 1. The van der Waals surface area contributed by atoms with Crippen LogP contribution in [0.5, 0.6) is 11.5 Å². The van der Waals surface area contributed by atoms with Crippen molar-refractivity contribution in [3.8, 4) is 17.2 Å². The van der Waals surface area contributed by atoms with Crippen molar-refractivity contribution in [2.45, 2.75) is 13.8 Å². The maximum atomic E-state index is 13.3. The van der Waals surface area contributed by atoms with Crippen LogP contribution in [-0.2, 0) is 14.8 Å². The van der Waals surface area contributed by atoms with E-state index in [9.17, 15) is 17.6 Å². The number of benzene rings is 3. The van der Waals surface area contributed by atoms with Gasteiger partial charge in [-0.05, 0) is 80.6 Å². The van der Waals surface area contributed by atoms with Gasteiger partial charge in [-0.3, -0.25) is 9.10 Å². The lowest BCUT2D eigenvalue weighted by Gasteiger charge is -2.21. The van der Waals surface area contributed by atoms with Crippen LogP contribution in [-0.4, -0.2) is 37.9 Å². The number of amides is 1. The summed E-state index contributed by atoms with van der Waals surface area (Å²) in [5.41, 5.74) is 6.01. The summed E-state index contributed by atoms with van der Waals surface area (Å²) in [5.74, 6) is 0.250. The zero-order valence-electron chi connectivity index (χ0n) is 21.1. The van der Waals surface area contributed by atoms with Gasteiger partial charge in [-0.15, -0.1) is 0 Å². The van der Waals surface area contributed by atoms with Gasteiger partial charge >= 0.3 is 0 Å². The molecule has 0 unspecified atom stereocenters. The summed E-state index contributed by atoms with van der Waals surface area (Å²) in [5, 5.41) is 4.01. The Kier molecular flexibility index (Phi) is 7.92. The van der Waals surface area contributed by atoms with Gasteiger partial charge in [0, 0.05) is 22.6 Å². The van der Waals surface area contributed by atoms with Gasteiger partial charge in [-0.25, -0.2) is 18.2 Å². The van der Waals surface area contributed by atoms with Crippen molar-refractivity contribution in [1.29, 1.82) is 0 Å². The van der Waals surface area contributed by atoms with Gasteiger partial charge in [-0.2, -0.15) is 5.10 Å². The van der Waals surface area contributed by atoms with E-state index in [0.29, 0.717) is 17.2 Å². The minimum absolute atomic E-state index is 0.315. The Hall–Kier alpha value is -4.44. The van der Waals surface area contributed by atoms with E-state index in [4.69, 9.17) is 4.74 Å². The van der Waals surface area contributed by atoms with E-state index >= 15 is 0 Å². The number of carbonyl (C=O) groups excluding carboxylic acids is 1. The fourth-order valence-electron chi connectivity index (χ4n) is 3.95. The summed E-state index contributed by atoms with van der Waals surface area (Å²) < 4.78 is 46.8. The van der Waals surface area contributed by atoms with Crippen molar-refractivity contribution >= 4 is 27.8 Å². The highest BCUT2D eigenvalue weighted by molar-refractivity contribution is 7.92. The smallest absolute Gasteiger partial charge is 0.260 e. The van der Waals surface area contributed by atoms with Crippen LogP contribution >= 0.6 is 0 Å². The first-order valence-corrected chi connectivity index (χ1v) is 13.5. The molecule has 4 aromatic rings. The molecule has 0 aliphatic rings. The largest absolute Gasteiger partial charge is 0.457 e. The van der Waals surface area contributed by atoms with Crippen LogP contribution in [0.1, 0.15) is 17.0 Å². The van der Waals surface area contributed by atoms with Gasteiger partial charge < -0.3 is 9.30 Å². The molecule has 0 aliphatic heterocycles. The van der Waals surface area contributed by atoms with Crippen LogP contribution < -0.4 is 14.5 Å². The van der Waals surface area contributed by atoms with E-state index in [2.05, 4.69) is 10.5 Å². The number of halogens is 1. The molecule has 0 radical (unpaired) electrons. The zero-order chi connectivity index (χ0) is 27.3. The Balaban J connectivity index is 1.43. The Morgan fingerprint density at radius 3 is 2.26 bits per heavy atom. The van der Waals surface area contributed by atoms with Crippen molar-refractivity contribution in [3.05, 3.63) is 108 Å². The van der Waals surface area contributed by atoms with Crippen LogP contribution in [0.4, 0.5) is 10.1 Å². The van der Waals surface area contributed by atoms with Crippen LogP contribution in [0.25, 0.3) is 5.69 Å². The molecule has 0 aliphatic carbocycles. The molecular formula is C28H27FN4O4S. The Morgan fingerprint density at radius 2 is 1.63 bits per heavy atom. The number of hydrazone groups is 1. The quantitative estimate of drug-likeness (QED) is 0.243. The fraction of sp³-hybridized carbons (Fsp3) is 0.143. The van der Waals surface area contributed by atoms with Crippen LogP contribution in [0.3, 0.4) is 0 Å². The van der Waals surface area contributed by atoms with Crippen LogP contribution in [0.15, 0.2) is 90.0 Å². The highest BCUT2D eigenvalue weighted by Gasteiger charge is 2.21. The molecule has 1 aromatic heterocycles. The molecular weight excluding hydrogens is 507 g/mol. The first-order valence-electron chi connectivity index (χ1n) is 11.7. The molecule has 38 heavy (non-hydrogen) atoms. The number of anilines is 1. The first-order chi connectivity index (χ1) is 18.1. The second kappa shape index (κ2) is 11.3. The minimum atomic E-state index is -3.75. The molecule has 0 fully saturated rings. The number of ether oxygens (including phenoxy) is 1. The number of hydrogen-bond acceptors (Lipinski definition) is 5. The molecule has 3 aromatic carbocycles. The van der Waals surface area contributed by atoms with Crippen LogP contribution in [0, 0.1) is 19.7 Å². The maximum absolute atomic E-state index is 13.3. The number of hydrogen-bond donors (Lipinski definition) is 1. The molecule has 196 valence electrons. The molecule has 8 nitrogen and oxygen atoms in total. The number of aromatic nitrogens is 1. The van der Waals surface area contributed by atoms with Crippen molar-refractivity contribution in [2.75, 3.05) is 17.1 Å². The summed E-state index contributed by atoms with van der Waals surface area (Å²) in [6.45, 7) is 3.34. The normalized spacial score (nSPS) is 11.5. The molecule has 0 saturated carbocycles. The van der Waals surface area contributed by atoms with E-state index in [1.165, 1.54) is 18.3 Å². The number of aryl methyl sites for hydroxylation is 1. The third-order valence-electron chi connectivity index (χ3n) is 5.74.